The van der Waals surface area contributed by atoms with E-state index in [9.17, 15) is 8.42 Å². The highest BCUT2D eigenvalue weighted by Crippen LogP contribution is 2.20. The van der Waals surface area contributed by atoms with Crippen LogP contribution in [0.25, 0.3) is 0 Å². The van der Waals surface area contributed by atoms with Gasteiger partial charge in [0.05, 0.1) is 6.26 Å². The van der Waals surface area contributed by atoms with Crippen molar-refractivity contribution in [3.63, 3.8) is 0 Å². The molecule has 0 aliphatic heterocycles. The summed E-state index contributed by atoms with van der Waals surface area (Å²) in [5, 5.41) is 3.44. The van der Waals surface area contributed by atoms with Crippen molar-refractivity contribution in [1.29, 1.82) is 0 Å². The molecule has 4 nitrogen and oxygen atoms in total. The fourth-order valence-corrected chi connectivity index (χ4v) is 2.55. The number of hydrogen-bond acceptors (Lipinski definition) is 3. The smallest absolute Gasteiger partial charge is 0.209 e. The molecule has 0 bridgehead atoms. The Balaban J connectivity index is 1.97. The largest absolute Gasteiger partial charge is 0.379 e. The Morgan fingerprint density at radius 1 is 1.00 bits per heavy atom. The number of rotatable bonds is 6. The minimum Gasteiger partial charge on any atom is -0.379 e. The van der Waals surface area contributed by atoms with Gasteiger partial charge in [-0.25, -0.2) is 13.1 Å². The molecular weight excluding hydrogens is 296 g/mol. The van der Waals surface area contributed by atoms with Crippen molar-refractivity contribution in [3.8, 4) is 0 Å². The van der Waals surface area contributed by atoms with E-state index >= 15 is 0 Å². The van der Waals surface area contributed by atoms with E-state index in [0.29, 0.717) is 6.54 Å². The zero-order valence-electron chi connectivity index (χ0n) is 13.1. The second-order valence-corrected chi connectivity index (χ2v) is 7.40. The first kappa shape index (κ1) is 16.5. The molecule has 0 unspecified atom stereocenters. The number of sulfonamides is 1. The van der Waals surface area contributed by atoms with Crippen LogP contribution < -0.4 is 10.0 Å². The monoisotopic (exact) mass is 318 g/mol. The molecule has 2 aromatic carbocycles. The lowest BCUT2D eigenvalue weighted by Crippen LogP contribution is -2.21. The van der Waals surface area contributed by atoms with Crippen LogP contribution >= 0.6 is 0 Å². The molecule has 1 atom stereocenters. The summed E-state index contributed by atoms with van der Waals surface area (Å²) >= 11 is 0. The molecule has 118 valence electrons. The number of aryl methyl sites for hydroxylation is 1. The molecule has 0 aliphatic carbocycles. The van der Waals surface area contributed by atoms with Crippen molar-refractivity contribution in [3.05, 3.63) is 65.2 Å². The highest BCUT2D eigenvalue weighted by molar-refractivity contribution is 7.88. The molecular formula is C17H22N2O2S. The average molecular weight is 318 g/mol. The maximum Gasteiger partial charge on any atom is 0.209 e. The Morgan fingerprint density at radius 3 is 2.14 bits per heavy atom. The van der Waals surface area contributed by atoms with Gasteiger partial charge in [-0.05, 0) is 37.1 Å². The normalized spacial score (nSPS) is 12.9. The zero-order valence-corrected chi connectivity index (χ0v) is 13.9. The summed E-state index contributed by atoms with van der Waals surface area (Å²) in [7, 11) is -3.16. The second kappa shape index (κ2) is 6.94. The van der Waals surface area contributed by atoms with Crippen molar-refractivity contribution in [2.24, 2.45) is 0 Å². The van der Waals surface area contributed by atoms with Crippen molar-refractivity contribution in [2.75, 3.05) is 11.6 Å². The molecule has 0 aliphatic rings. The van der Waals surface area contributed by atoms with Crippen LogP contribution in [-0.4, -0.2) is 14.7 Å². The van der Waals surface area contributed by atoms with Gasteiger partial charge in [-0.2, -0.15) is 0 Å². The van der Waals surface area contributed by atoms with Gasteiger partial charge in [0.15, 0.2) is 0 Å². The van der Waals surface area contributed by atoms with Crippen LogP contribution in [0.15, 0.2) is 48.5 Å². The number of nitrogens with one attached hydrogen (secondary N) is 2. The van der Waals surface area contributed by atoms with Gasteiger partial charge in [0.25, 0.3) is 0 Å². The summed E-state index contributed by atoms with van der Waals surface area (Å²) in [5.41, 5.74) is 4.42. The number of benzene rings is 2. The maximum atomic E-state index is 11.1. The van der Waals surface area contributed by atoms with Gasteiger partial charge >= 0.3 is 0 Å². The quantitative estimate of drug-likeness (QED) is 0.860. The third-order valence-corrected chi connectivity index (χ3v) is 4.12. The Morgan fingerprint density at radius 2 is 1.59 bits per heavy atom. The first-order valence-electron chi connectivity index (χ1n) is 7.20. The van der Waals surface area contributed by atoms with Crippen molar-refractivity contribution < 1.29 is 8.42 Å². The number of anilines is 1. The van der Waals surface area contributed by atoms with E-state index in [4.69, 9.17) is 0 Å². The molecule has 0 spiro atoms. The minimum absolute atomic E-state index is 0.209. The standard InChI is InChI=1S/C17H22N2O2S/c1-13-4-8-16(9-5-13)14(2)19-17-10-6-15(7-11-17)12-18-22(3,20)21/h4-11,14,18-19H,12H2,1-3H3/t14-/m1/s1. The van der Waals surface area contributed by atoms with Gasteiger partial charge < -0.3 is 5.32 Å². The SMILES string of the molecule is Cc1ccc([C@@H](C)Nc2ccc(CNS(C)(=O)=O)cc2)cc1. The van der Waals surface area contributed by atoms with Crippen LogP contribution in [0.5, 0.6) is 0 Å². The van der Waals surface area contributed by atoms with Crippen molar-refractivity contribution in [1.82, 2.24) is 4.72 Å². The van der Waals surface area contributed by atoms with Gasteiger partial charge in [0, 0.05) is 18.3 Å². The summed E-state index contributed by atoms with van der Waals surface area (Å²) in [4.78, 5) is 0. The van der Waals surface area contributed by atoms with Crippen LogP contribution in [-0.2, 0) is 16.6 Å². The van der Waals surface area contributed by atoms with E-state index in [2.05, 4.69) is 48.2 Å². The molecule has 0 aromatic heterocycles. The highest BCUT2D eigenvalue weighted by atomic mass is 32.2. The molecule has 2 rings (SSSR count). The van der Waals surface area contributed by atoms with E-state index in [1.165, 1.54) is 11.1 Å². The fraction of sp³-hybridized carbons (Fsp3) is 0.294. The predicted molar refractivity (Wildman–Crippen MR) is 91.3 cm³/mol. The van der Waals surface area contributed by atoms with Crippen LogP contribution in [0.1, 0.15) is 29.7 Å². The summed E-state index contributed by atoms with van der Waals surface area (Å²) < 4.78 is 24.6. The molecule has 0 radical (unpaired) electrons. The third-order valence-electron chi connectivity index (χ3n) is 3.45. The minimum atomic E-state index is -3.16. The summed E-state index contributed by atoms with van der Waals surface area (Å²) in [6, 6.07) is 16.4. The maximum absolute atomic E-state index is 11.1. The summed E-state index contributed by atoms with van der Waals surface area (Å²) in [5.74, 6) is 0. The highest BCUT2D eigenvalue weighted by Gasteiger charge is 2.05. The molecule has 0 amide bonds. The number of hydrogen-bond donors (Lipinski definition) is 2. The first-order chi connectivity index (χ1) is 10.3. The van der Waals surface area contributed by atoms with E-state index in [1.807, 2.05) is 24.3 Å². The van der Waals surface area contributed by atoms with E-state index < -0.39 is 10.0 Å². The summed E-state index contributed by atoms with van der Waals surface area (Å²) in [6.07, 6.45) is 1.16. The van der Waals surface area contributed by atoms with Crippen LogP contribution in [0.4, 0.5) is 5.69 Å². The predicted octanol–water partition coefficient (Wildman–Crippen LogP) is 3.22. The molecule has 5 heteroatoms. The Kier molecular flexibility index (Phi) is 5.21. The van der Waals surface area contributed by atoms with Gasteiger partial charge in [0.2, 0.25) is 10.0 Å². The third kappa shape index (κ3) is 5.16. The zero-order chi connectivity index (χ0) is 16.2. The molecule has 2 N–H and O–H groups in total. The molecule has 0 fully saturated rings. The van der Waals surface area contributed by atoms with E-state index in [1.54, 1.807) is 0 Å². The topological polar surface area (TPSA) is 58.2 Å². The Bertz CT molecular complexity index is 707. The molecule has 22 heavy (non-hydrogen) atoms. The lowest BCUT2D eigenvalue weighted by molar-refractivity contribution is 0.587. The first-order valence-corrected chi connectivity index (χ1v) is 9.09. The molecule has 0 saturated heterocycles. The van der Waals surface area contributed by atoms with Gasteiger partial charge in [-0.1, -0.05) is 42.0 Å². The molecule has 0 saturated carbocycles. The van der Waals surface area contributed by atoms with Crippen molar-refractivity contribution >= 4 is 15.7 Å². The molecule has 2 aromatic rings. The van der Waals surface area contributed by atoms with Crippen LogP contribution in [0, 0.1) is 6.92 Å². The second-order valence-electron chi connectivity index (χ2n) is 5.57. The summed E-state index contributed by atoms with van der Waals surface area (Å²) in [6.45, 7) is 4.50. The van der Waals surface area contributed by atoms with Crippen molar-refractivity contribution in [2.45, 2.75) is 26.4 Å². The molecule has 0 heterocycles. The fourth-order valence-electron chi connectivity index (χ4n) is 2.12. The Hall–Kier alpha value is -1.85. The van der Waals surface area contributed by atoms with Gasteiger partial charge in [0.1, 0.15) is 0 Å². The lowest BCUT2D eigenvalue weighted by atomic mass is 10.1. The lowest BCUT2D eigenvalue weighted by Gasteiger charge is -2.16. The van der Waals surface area contributed by atoms with Gasteiger partial charge in [-0.3, -0.25) is 0 Å². The average Bonchev–Trinajstić information content (AvgIpc) is 2.46. The van der Waals surface area contributed by atoms with Gasteiger partial charge in [-0.15, -0.1) is 0 Å². The van der Waals surface area contributed by atoms with Crippen LogP contribution in [0.2, 0.25) is 0 Å². The van der Waals surface area contributed by atoms with E-state index in [0.717, 1.165) is 17.5 Å². The Labute approximate surface area is 132 Å². The van der Waals surface area contributed by atoms with E-state index in [-0.39, 0.29) is 6.04 Å². The van der Waals surface area contributed by atoms with Crippen LogP contribution in [0.3, 0.4) is 0 Å².